The van der Waals surface area contributed by atoms with Crippen molar-refractivity contribution in [3.8, 4) is 0 Å². The number of sulfonamides is 1. The molecule has 21 heavy (non-hydrogen) atoms. The minimum absolute atomic E-state index is 0.110. The highest BCUT2D eigenvalue weighted by atomic mass is 32.2. The second-order valence-corrected chi connectivity index (χ2v) is 5.99. The van der Waals surface area contributed by atoms with Gasteiger partial charge in [0.1, 0.15) is 10.7 Å². The third-order valence-electron chi connectivity index (χ3n) is 2.72. The predicted octanol–water partition coefficient (Wildman–Crippen LogP) is 1.03. The topological polar surface area (TPSA) is 112 Å². The van der Waals surface area contributed by atoms with Crippen LogP contribution in [0.25, 0.3) is 0 Å². The molecule has 1 aromatic carbocycles. The van der Waals surface area contributed by atoms with E-state index in [2.05, 4.69) is 14.9 Å². The molecule has 0 unspecified atom stereocenters. The van der Waals surface area contributed by atoms with Crippen molar-refractivity contribution in [2.75, 3.05) is 0 Å². The van der Waals surface area contributed by atoms with Crippen LogP contribution in [0.1, 0.15) is 21.7 Å². The van der Waals surface area contributed by atoms with Crippen molar-refractivity contribution in [1.82, 2.24) is 14.9 Å². The van der Waals surface area contributed by atoms with Gasteiger partial charge in [0.2, 0.25) is 10.0 Å². The van der Waals surface area contributed by atoms with Crippen LogP contribution >= 0.6 is 0 Å². The number of aromatic carboxylic acids is 1. The van der Waals surface area contributed by atoms with Crippen LogP contribution in [0.5, 0.6) is 0 Å². The van der Waals surface area contributed by atoms with Crippen LogP contribution < -0.4 is 4.72 Å². The number of carbonyl (C=O) groups is 1. The number of aromatic amines is 1. The molecule has 3 N–H and O–H groups in total. The lowest BCUT2D eigenvalue weighted by atomic mass is 10.2. The molecule has 1 aromatic heterocycles. The van der Waals surface area contributed by atoms with Crippen molar-refractivity contribution < 1.29 is 22.7 Å². The van der Waals surface area contributed by atoms with E-state index >= 15 is 0 Å². The van der Waals surface area contributed by atoms with E-state index in [1.54, 1.807) is 6.07 Å². The minimum Gasteiger partial charge on any atom is -0.476 e. The summed E-state index contributed by atoms with van der Waals surface area (Å²) in [5.41, 5.74) is -0.0602. The number of rotatable bonds is 5. The summed E-state index contributed by atoms with van der Waals surface area (Å²) >= 11 is 0. The second-order valence-electron chi connectivity index (χ2n) is 4.29. The van der Waals surface area contributed by atoms with Gasteiger partial charge >= 0.3 is 5.97 Å². The third-order valence-corrected chi connectivity index (χ3v) is 4.28. The van der Waals surface area contributed by atoms with Gasteiger partial charge in [-0.1, -0.05) is 12.1 Å². The highest BCUT2D eigenvalue weighted by Crippen LogP contribution is 2.18. The van der Waals surface area contributed by atoms with E-state index < -0.39 is 32.4 Å². The summed E-state index contributed by atoms with van der Waals surface area (Å²) in [6.07, 6.45) is 0. The van der Waals surface area contributed by atoms with Crippen LogP contribution in [-0.2, 0) is 16.6 Å². The first-order valence-electron chi connectivity index (χ1n) is 5.83. The number of H-pyrrole nitrogens is 1. The molecule has 2 rings (SSSR count). The number of nitrogens with zero attached hydrogens (tertiary/aromatic N) is 1. The van der Waals surface area contributed by atoms with Gasteiger partial charge in [0.05, 0.1) is 5.69 Å². The van der Waals surface area contributed by atoms with Crippen molar-refractivity contribution >= 4 is 16.0 Å². The molecule has 112 valence electrons. The zero-order valence-corrected chi connectivity index (χ0v) is 11.7. The molecule has 0 spiro atoms. The summed E-state index contributed by atoms with van der Waals surface area (Å²) in [4.78, 5) is 10.6. The summed E-state index contributed by atoms with van der Waals surface area (Å²) in [6, 6.07) is 5.42. The highest BCUT2D eigenvalue weighted by molar-refractivity contribution is 7.89. The Labute approximate surface area is 119 Å². The predicted molar refractivity (Wildman–Crippen MR) is 70.7 cm³/mol. The molecule has 0 amide bonds. The van der Waals surface area contributed by atoms with E-state index in [1.165, 1.54) is 25.1 Å². The first-order chi connectivity index (χ1) is 9.81. The minimum atomic E-state index is -4.08. The van der Waals surface area contributed by atoms with Crippen LogP contribution in [0, 0.1) is 12.7 Å². The van der Waals surface area contributed by atoms with E-state index in [4.69, 9.17) is 5.11 Å². The molecule has 0 saturated heterocycles. The van der Waals surface area contributed by atoms with Crippen LogP contribution in [-0.4, -0.2) is 29.7 Å². The Morgan fingerprint density at radius 3 is 2.81 bits per heavy atom. The first-order valence-corrected chi connectivity index (χ1v) is 7.32. The van der Waals surface area contributed by atoms with Crippen molar-refractivity contribution in [1.29, 1.82) is 0 Å². The van der Waals surface area contributed by atoms with Gasteiger partial charge in [0, 0.05) is 6.54 Å². The lowest BCUT2D eigenvalue weighted by Crippen LogP contribution is -2.25. The molecule has 0 aliphatic rings. The van der Waals surface area contributed by atoms with Crippen molar-refractivity contribution in [3.63, 3.8) is 0 Å². The fourth-order valence-electron chi connectivity index (χ4n) is 1.79. The van der Waals surface area contributed by atoms with E-state index in [1.807, 2.05) is 0 Å². The number of nitrogens with one attached hydrogen (secondary N) is 2. The van der Waals surface area contributed by atoms with Gasteiger partial charge in [0.15, 0.2) is 5.69 Å². The Hall–Kier alpha value is -2.26. The zero-order valence-electron chi connectivity index (χ0n) is 10.9. The molecular weight excluding hydrogens is 301 g/mol. The molecule has 0 atom stereocenters. The molecule has 7 nitrogen and oxygen atoms in total. The molecule has 0 aliphatic carbocycles. The SMILES string of the molecule is Cc1[nH]nc(C(=O)O)c1S(=O)(=O)NCc1cccc(F)c1. The molecule has 1 heterocycles. The number of carboxylic acids is 1. The smallest absolute Gasteiger partial charge is 0.357 e. The molecule has 0 aliphatic heterocycles. The van der Waals surface area contributed by atoms with Crippen LogP contribution in [0.4, 0.5) is 4.39 Å². The average Bonchev–Trinajstić information content (AvgIpc) is 2.80. The summed E-state index contributed by atoms with van der Waals surface area (Å²) in [5, 5.41) is 14.7. The Kier molecular flexibility index (Phi) is 4.05. The fourth-order valence-corrected chi connectivity index (χ4v) is 3.13. The molecule has 2 aromatic rings. The Morgan fingerprint density at radius 2 is 2.19 bits per heavy atom. The summed E-state index contributed by atoms with van der Waals surface area (Å²) in [5.74, 6) is -1.94. The maximum absolute atomic E-state index is 13.0. The Balaban J connectivity index is 2.27. The van der Waals surface area contributed by atoms with Crippen molar-refractivity contribution in [2.45, 2.75) is 18.4 Å². The largest absolute Gasteiger partial charge is 0.476 e. The van der Waals surface area contributed by atoms with Crippen LogP contribution in [0.2, 0.25) is 0 Å². The van der Waals surface area contributed by atoms with Gasteiger partial charge in [-0.3, -0.25) is 5.10 Å². The number of aryl methyl sites for hydroxylation is 1. The summed E-state index contributed by atoms with van der Waals surface area (Å²) < 4.78 is 39.6. The number of hydrogen-bond donors (Lipinski definition) is 3. The zero-order chi connectivity index (χ0) is 15.6. The number of hydrogen-bond acceptors (Lipinski definition) is 4. The maximum atomic E-state index is 13.0. The molecular formula is C12H12FN3O4S. The van der Waals surface area contributed by atoms with E-state index in [0.29, 0.717) is 5.56 Å². The van der Waals surface area contributed by atoms with Crippen LogP contribution in [0.3, 0.4) is 0 Å². The number of carboxylic acid groups (broad SMARTS) is 1. The number of halogens is 1. The fraction of sp³-hybridized carbons (Fsp3) is 0.167. The van der Waals surface area contributed by atoms with Gasteiger partial charge in [-0.15, -0.1) is 0 Å². The lowest BCUT2D eigenvalue weighted by Gasteiger charge is -2.07. The van der Waals surface area contributed by atoms with E-state index in [9.17, 15) is 17.6 Å². The molecule has 0 bridgehead atoms. The standard InChI is InChI=1S/C12H12FN3O4S/c1-7-11(10(12(17)18)16-15-7)21(19,20)14-6-8-3-2-4-9(13)5-8/h2-5,14H,6H2,1H3,(H,15,16)(H,17,18). The van der Waals surface area contributed by atoms with Gasteiger partial charge in [-0.05, 0) is 24.6 Å². The van der Waals surface area contributed by atoms with Crippen LogP contribution in [0.15, 0.2) is 29.2 Å². The molecule has 0 fully saturated rings. The number of aromatic nitrogens is 2. The number of benzene rings is 1. The Morgan fingerprint density at radius 1 is 1.48 bits per heavy atom. The molecule has 0 saturated carbocycles. The first kappa shape index (κ1) is 15.1. The average molecular weight is 313 g/mol. The van der Waals surface area contributed by atoms with Gasteiger partial charge in [0.25, 0.3) is 0 Å². The van der Waals surface area contributed by atoms with Crippen molar-refractivity contribution in [3.05, 3.63) is 47.0 Å². The maximum Gasteiger partial charge on any atom is 0.357 e. The quantitative estimate of drug-likeness (QED) is 0.763. The molecule has 9 heteroatoms. The third kappa shape index (κ3) is 3.26. The lowest BCUT2D eigenvalue weighted by molar-refractivity contribution is 0.0686. The molecule has 0 radical (unpaired) electrons. The second kappa shape index (κ2) is 5.62. The normalized spacial score (nSPS) is 11.5. The van der Waals surface area contributed by atoms with E-state index in [0.717, 1.165) is 0 Å². The van der Waals surface area contributed by atoms with Gasteiger partial charge in [-0.25, -0.2) is 22.3 Å². The van der Waals surface area contributed by atoms with Gasteiger partial charge in [-0.2, -0.15) is 5.10 Å². The highest BCUT2D eigenvalue weighted by Gasteiger charge is 2.27. The Bertz CT molecular complexity index is 786. The van der Waals surface area contributed by atoms with E-state index in [-0.39, 0.29) is 12.2 Å². The monoisotopic (exact) mass is 313 g/mol. The van der Waals surface area contributed by atoms with Gasteiger partial charge < -0.3 is 5.11 Å². The summed E-state index contributed by atoms with van der Waals surface area (Å²) in [6.45, 7) is 1.24. The summed E-state index contributed by atoms with van der Waals surface area (Å²) in [7, 11) is -4.08. The van der Waals surface area contributed by atoms with Crippen molar-refractivity contribution in [2.24, 2.45) is 0 Å².